The summed E-state index contributed by atoms with van der Waals surface area (Å²) in [6.45, 7) is 6.53. The monoisotopic (exact) mass is 1140 g/mol. The summed E-state index contributed by atoms with van der Waals surface area (Å²) in [6, 6.07) is -0.919. The van der Waals surface area contributed by atoms with Gasteiger partial charge in [-0.3, -0.25) is 14.2 Å². The maximum Gasteiger partial charge on any atom is 0.306 e. The van der Waals surface area contributed by atoms with Crippen LogP contribution in [0.5, 0.6) is 0 Å². The van der Waals surface area contributed by atoms with E-state index in [1.165, 1.54) is 89.9 Å². The number of phosphoric ester groups is 1. The van der Waals surface area contributed by atoms with Crippen LogP contribution in [0.25, 0.3) is 0 Å². The van der Waals surface area contributed by atoms with E-state index in [-0.39, 0.29) is 24.9 Å². The van der Waals surface area contributed by atoms with Gasteiger partial charge >= 0.3 is 5.97 Å². The minimum absolute atomic E-state index is 0.0387. The third-order valence-corrected chi connectivity index (χ3v) is 14.4. The highest BCUT2D eigenvalue weighted by atomic mass is 31.2. The molecule has 9 nitrogen and oxygen atoms in total. The SMILES string of the molecule is CC\C=C/C=C/C=C/C=C\C=C\C=C\CCCCCC(=O)OC(/C=C\CCCCCCCCCCC)C(COP(=O)([O-])OCC[N+](C)(C)C)NC(=O)CCCCCCCCCCCCC/C=C\C/C=C\C/C=C\C/C=C\C/C=C\CC. The van der Waals surface area contributed by atoms with E-state index in [0.717, 1.165) is 109 Å². The van der Waals surface area contributed by atoms with Gasteiger partial charge in [-0.1, -0.05) is 276 Å². The Kier molecular flexibility index (Phi) is 56.1. The zero-order valence-corrected chi connectivity index (χ0v) is 53.3. The number of carbonyl (C=O) groups excluding carboxylic acids is 2. The number of phosphoric acid groups is 1. The lowest BCUT2D eigenvalue weighted by atomic mass is 10.0. The summed E-state index contributed by atoms with van der Waals surface area (Å²) in [5.41, 5.74) is 0. The number of nitrogens with zero attached hydrogens (tertiary/aromatic N) is 1. The Hall–Kier alpha value is -4.11. The molecule has 0 radical (unpaired) electrons. The Labute approximate surface area is 498 Å². The summed E-state index contributed by atoms with van der Waals surface area (Å²) in [6.07, 6.45) is 85.4. The number of nitrogens with one attached hydrogen (secondary N) is 1. The minimum atomic E-state index is -4.72. The van der Waals surface area contributed by atoms with Gasteiger partial charge in [0.2, 0.25) is 5.91 Å². The molecule has 0 spiro atoms. The van der Waals surface area contributed by atoms with Crippen LogP contribution in [0.4, 0.5) is 0 Å². The summed E-state index contributed by atoms with van der Waals surface area (Å²) in [4.78, 5) is 40.0. The van der Waals surface area contributed by atoms with Crippen molar-refractivity contribution >= 4 is 19.7 Å². The van der Waals surface area contributed by atoms with Gasteiger partial charge in [0.15, 0.2) is 0 Å². The third-order valence-electron chi connectivity index (χ3n) is 13.4. The van der Waals surface area contributed by atoms with E-state index in [4.69, 9.17) is 13.8 Å². The number of esters is 1. The van der Waals surface area contributed by atoms with E-state index >= 15 is 0 Å². The van der Waals surface area contributed by atoms with Crippen molar-refractivity contribution in [3.05, 3.63) is 146 Å². The molecule has 0 rings (SSSR count). The van der Waals surface area contributed by atoms with Crippen LogP contribution in [0.2, 0.25) is 0 Å². The fourth-order valence-corrected chi connectivity index (χ4v) is 9.24. The number of hydrogen-bond acceptors (Lipinski definition) is 7. The highest BCUT2D eigenvalue weighted by Crippen LogP contribution is 2.38. The van der Waals surface area contributed by atoms with Gasteiger partial charge in [-0.05, 0) is 96.0 Å². The Morgan fingerprint density at radius 3 is 1.35 bits per heavy atom. The average Bonchev–Trinajstić information content (AvgIpc) is 3.43. The quantitative estimate of drug-likeness (QED) is 0.0161. The van der Waals surface area contributed by atoms with Crippen molar-refractivity contribution in [1.82, 2.24) is 5.32 Å². The van der Waals surface area contributed by atoms with Gasteiger partial charge in [0.1, 0.15) is 19.3 Å². The van der Waals surface area contributed by atoms with Crippen molar-refractivity contribution in [2.75, 3.05) is 40.9 Å². The topological polar surface area (TPSA) is 114 Å². The number of amides is 1. The number of likely N-dealkylation sites (N-methyl/N-ethyl adjacent to an activating group) is 1. The molecular weight excluding hydrogens is 1020 g/mol. The van der Waals surface area contributed by atoms with Crippen molar-refractivity contribution in [3.63, 3.8) is 0 Å². The Bertz CT molecular complexity index is 1890. The molecule has 460 valence electrons. The lowest BCUT2D eigenvalue weighted by Gasteiger charge is -2.30. The summed E-state index contributed by atoms with van der Waals surface area (Å²) in [5.74, 6) is -0.606. The molecule has 0 heterocycles. The first kappa shape index (κ1) is 76.9. The molecule has 0 bridgehead atoms. The molecule has 0 aliphatic heterocycles. The molecule has 0 aromatic carbocycles. The van der Waals surface area contributed by atoms with Crippen molar-refractivity contribution in [3.8, 4) is 0 Å². The summed E-state index contributed by atoms with van der Waals surface area (Å²) >= 11 is 0. The molecule has 10 heteroatoms. The molecule has 1 amide bonds. The Balaban J connectivity index is 5.16. The lowest BCUT2D eigenvalue weighted by Crippen LogP contribution is -2.47. The second kappa shape index (κ2) is 59.1. The molecule has 0 saturated heterocycles. The number of allylic oxidation sites excluding steroid dienone is 23. The summed E-state index contributed by atoms with van der Waals surface area (Å²) in [5, 5.41) is 3.01. The number of carbonyl (C=O) groups is 2. The van der Waals surface area contributed by atoms with E-state index in [9.17, 15) is 19.0 Å². The molecule has 0 aliphatic rings. The second-order valence-electron chi connectivity index (χ2n) is 22.3. The molecular formula is C71H119N2O7P. The van der Waals surface area contributed by atoms with E-state index < -0.39 is 26.6 Å². The van der Waals surface area contributed by atoms with Crippen molar-refractivity contribution in [2.45, 2.75) is 251 Å². The first-order valence-corrected chi connectivity index (χ1v) is 33.7. The normalized spacial score (nSPS) is 14.6. The molecule has 0 aliphatic carbocycles. The number of quaternary nitrogens is 1. The average molecular weight is 1140 g/mol. The van der Waals surface area contributed by atoms with Gasteiger partial charge in [0, 0.05) is 12.8 Å². The molecule has 3 unspecified atom stereocenters. The van der Waals surface area contributed by atoms with E-state index in [1.54, 1.807) is 0 Å². The molecule has 81 heavy (non-hydrogen) atoms. The molecule has 0 aromatic rings. The standard InChI is InChI=1S/C71H119N2O7P/c1-7-10-13-16-19-22-25-27-29-31-32-33-34-35-36-37-38-39-40-42-43-45-48-51-54-57-60-63-70(74)72-68(67-79-81(76,77)78-66-65-73(4,5)6)69(62-59-56-53-50-47-24-21-18-15-12-9-3)80-71(75)64-61-58-55-52-49-46-44-41-30-28-26-23-20-17-14-11-8-2/h10-11,13-14,17,19-20,22-23,26-30,32-33,35-36,41,44,46,49,59,62,68-69H,7-9,12,15-16,18,21,24-25,31,34,37-40,42-43,45,47-48,50-58,60-61,63-67H2,1-6H3,(H-,72,74,76,77)/b13-10-,14-11-,20-17+,22-19-,26-23+,29-27-,30-28-,33-32-,36-35-,44-41+,49-46+,62-59-. The fourth-order valence-electron chi connectivity index (χ4n) is 8.52. The third kappa shape index (κ3) is 60.3. The number of ether oxygens (including phenoxy) is 1. The molecule has 0 aromatic heterocycles. The van der Waals surface area contributed by atoms with Gasteiger partial charge in [-0.15, -0.1) is 0 Å². The molecule has 0 saturated carbocycles. The zero-order valence-electron chi connectivity index (χ0n) is 52.4. The Morgan fingerprint density at radius 2 is 0.852 bits per heavy atom. The van der Waals surface area contributed by atoms with Gasteiger partial charge in [0.25, 0.3) is 7.82 Å². The van der Waals surface area contributed by atoms with Crippen LogP contribution >= 0.6 is 7.82 Å². The first-order chi connectivity index (χ1) is 39.4. The summed E-state index contributed by atoms with van der Waals surface area (Å²) in [7, 11) is 1.13. The van der Waals surface area contributed by atoms with Crippen LogP contribution in [0, 0.1) is 0 Å². The predicted octanol–water partition coefficient (Wildman–Crippen LogP) is 19.6. The lowest BCUT2D eigenvalue weighted by molar-refractivity contribution is -0.870. The second-order valence-corrected chi connectivity index (χ2v) is 23.7. The molecule has 1 N–H and O–H groups in total. The molecule has 3 atom stereocenters. The number of hydrogen-bond donors (Lipinski definition) is 1. The molecule has 0 fully saturated rings. The summed E-state index contributed by atoms with van der Waals surface area (Å²) < 4.78 is 30.3. The predicted molar refractivity (Wildman–Crippen MR) is 348 cm³/mol. The number of unbranched alkanes of at least 4 members (excludes halogenated alkanes) is 23. The smallest absolute Gasteiger partial charge is 0.306 e. The van der Waals surface area contributed by atoms with Crippen molar-refractivity contribution in [2.24, 2.45) is 0 Å². The first-order valence-electron chi connectivity index (χ1n) is 32.2. The zero-order chi connectivity index (χ0) is 59.3. The van der Waals surface area contributed by atoms with E-state index in [0.29, 0.717) is 23.9 Å². The van der Waals surface area contributed by atoms with Crippen LogP contribution in [0.15, 0.2) is 146 Å². The van der Waals surface area contributed by atoms with Gasteiger partial charge in [0.05, 0.1) is 33.8 Å². The Morgan fingerprint density at radius 1 is 0.457 bits per heavy atom. The minimum Gasteiger partial charge on any atom is -0.756 e. The maximum absolute atomic E-state index is 13.6. The van der Waals surface area contributed by atoms with Crippen LogP contribution in [0.1, 0.15) is 239 Å². The van der Waals surface area contributed by atoms with Crippen LogP contribution in [-0.4, -0.2) is 69.4 Å². The van der Waals surface area contributed by atoms with Crippen molar-refractivity contribution < 1.29 is 37.3 Å². The van der Waals surface area contributed by atoms with Gasteiger partial charge < -0.3 is 28.5 Å². The van der Waals surface area contributed by atoms with E-state index in [2.05, 4.69) is 99.0 Å². The fraction of sp³-hybridized carbons (Fsp3) is 0.634. The highest BCUT2D eigenvalue weighted by molar-refractivity contribution is 7.45. The van der Waals surface area contributed by atoms with Crippen LogP contribution in [-0.2, 0) is 27.9 Å². The largest absolute Gasteiger partial charge is 0.756 e. The van der Waals surface area contributed by atoms with Gasteiger partial charge in [-0.25, -0.2) is 0 Å². The maximum atomic E-state index is 13.6. The van der Waals surface area contributed by atoms with Crippen molar-refractivity contribution in [1.29, 1.82) is 0 Å². The number of rotatable bonds is 56. The van der Waals surface area contributed by atoms with Crippen LogP contribution < -0.4 is 10.2 Å². The van der Waals surface area contributed by atoms with Gasteiger partial charge in [-0.2, -0.15) is 0 Å². The van der Waals surface area contributed by atoms with E-state index in [1.807, 2.05) is 94.1 Å². The van der Waals surface area contributed by atoms with Crippen LogP contribution in [0.3, 0.4) is 0 Å². The highest BCUT2D eigenvalue weighted by Gasteiger charge is 2.27.